The number of alkyl halides is 1. The minimum atomic E-state index is -0.294. The Balaban J connectivity index is 2.52. The molecular weight excluding hydrogens is 455 g/mol. The molecule has 0 heterocycles. The van der Waals surface area contributed by atoms with Crippen LogP contribution in [-0.2, 0) is 0 Å². The van der Waals surface area contributed by atoms with E-state index in [2.05, 4.69) is 47.8 Å². The SMILES string of the molecule is CCOc1ccc(Br)cc1C(Br)c1c(F)cccc1Br. The Morgan fingerprint density at radius 1 is 1.20 bits per heavy atom. The third-order valence-corrected chi connectivity index (χ3v) is 4.93. The third kappa shape index (κ3) is 3.43. The van der Waals surface area contributed by atoms with Gasteiger partial charge < -0.3 is 4.74 Å². The van der Waals surface area contributed by atoms with E-state index >= 15 is 0 Å². The Morgan fingerprint density at radius 3 is 2.60 bits per heavy atom. The van der Waals surface area contributed by atoms with Gasteiger partial charge in [-0.3, -0.25) is 0 Å². The van der Waals surface area contributed by atoms with Gasteiger partial charge in [-0.15, -0.1) is 0 Å². The molecule has 5 heteroatoms. The molecule has 2 rings (SSSR count). The molecule has 0 saturated carbocycles. The molecule has 106 valence electrons. The van der Waals surface area contributed by atoms with Crippen molar-refractivity contribution in [2.24, 2.45) is 0 Å². The van der Waals surface area contributed by atoms with Crippen LogP contribution < -0.4 is 4.74 Å². The Hall–Kier alpha value is -0.390. The summed E-state index contributed by atoms with van der Waals surface area (Å²) in [4.78, 5) is -0.294. The number of ether oxygens (including phenoxy) is 1. The summed E-state index contributed by atoms with van der Waals surface area (Å²) in [7, 11) is 0. The number of benzene rings is 2. The summed E-state index contributed by atoms with van der Waals surface area (Å²) in [5, 5.41) is 0. The van der Waals surface area contributed by atoms with Crippen LogP contribution in [0.15, 0.2) is 45.3 Å². The fourth-order valence-corrected chi connectivity index (χ4v) is 3.99. The normalized spacial score (nSPS) is 12.2. The molecule has 0 aliphatic carbocycles. The summed E-state index contributed by atoms with van der Waals surface area (Å²) < 4.78 is 21.4. The predicted octanol–water partition coefficient (Wildman–Crippen LogP) is 6.23. The average molecular weight is 467 g/mol. The van der Waals surface area contributed by atoms with E-state index < -0.39 is 0 Å². The smallest absolute Gasteiger partial charge is 0.129 e. The van der Waals surface area contributed by atoms with E-state index in [4.69, 9.17) is 4.74 Å². The quantitative estimate of drug-likeness (QED) is 0.485. The van der Waals surface area contributed by atoms with E-state index in [1.807, 2.05) is 31.2 Å². The van der Waals surface area contributed by atoms with E-state index in [-0.39, 0.29) is 10.6 Å². The molecule has 0 bridgehead atoms. The number of halogens is 4. The molecule has 0 aliphatic heterocycles. The molecule has 0 saturated heterocycles. The van der Waals surface area contributed by atoms with Gasteiger partial charge in [0.05, 0.1) is 11.4 Å². The Kier molecular flexibility index (Phi) is 5.64. The highest BCUT2D eigenvalue weighted by molar-refractivity contribution is 9.11. The summed E-state index contributed by atoms with van der Waals surface area (Å²) in [5.41, 5.74) is 1.44. The zero-order chi connectivity index (χ0) is 14.7. The maximum Gasteiger partial charge on any atom is 0.129 e. The largest absolute Gasteiger partial charge is 0.494 e. The van der Waals surface area contributed by atoms with Crippen molar-refractivity contribution in [2.45, 2.75) is 11.8 Å². The summed E-state index contributed by atoms with van der Waals surface area (Å²) in [5.74, 6) is 0.483. The first-order chi connectivity index (χ1) is 9.54. The van der Waals surface area contributed by atoms with Gasteiger partial charge in [-0.25, -0.2) is 4.39 Å². The van der Waals surface area contributed by atoms with Crippen molar-refractivity contribution in [1.82, 2.24) is 0 Å². The van der Waals surface area contributed by atoms with Crippen molar-refractivity contribution in [3.8, 4) is 5.75 Å². The van der Waals surface area contributed by atoms with Crippen LogP contribution in [0.5, 0.6) is 5.75 Å². The van der Waals surface area contributed by atoms with Crippen LogP contribution in [0, 0.1) is 5.82 Å². The lowest BCUT2D eigenvalue weighted by Gasteiger charge is -2.18. The Morgan fingerprint density at radius 2 is 1.95 bits per heavy atom. The van der Waals surface area contributed by atoms with Crippen LogP contribution in [0.25, 0.3) is 0 Å². The van der Waals surface area contributed by atoms with E-state index in [1.54, 1.807) is 6.07 Å². The monoisotopic (exact) mass is 464 g/mol. The first-order valence-electron chi connectivity index (χ1n) is 6.04. The maximum atomic E-state index is 14.1. The predicted molar refractivity (Wildman–Crippen MR) is 90.2 cm³/mol. The molecule has 1 unspecified atom stereocenters. The molecule has 20 heavy (non-hydrogen) atoms. The van der Waals surface area contributed by atoms with Gasteiger partial charge >= 0.3 is 0 Å². The summed E-state index contributed by atoms with van der Waals surface area (Å²) in [6.07, 6.45) is 0. The first kappa shape index (κ1) is 16.0. The molecule has 2 aromatic carbocycles. The van der Waals surface area contributed by atoms with Gasteiger partial charge in [0, 0.05) is 20.1 Å². The van der Waals surface area contributed by atoms with Crippen molar-refractivity contribution in [3.63, 3.8) is 0 Å². The highest BCUT2D eigenvalue weighted by Gasteiger charge is 2.21. The van der Waals surface area contributed by atoms with Crippen LogP contribution >= 0.6 is 47.8 Å². The molecule has 2 aromatic rings. The van der Waals surface area contributed by atoms with Gasteiger partial charge in [0.2, 0.25) is 0 Å². The summed E-state index contributed by atoms with van der Waals surface area (Å²) >= 11 is 10.4. The Labute approximate surface area is 142 Å². The average Bonchev–Trinajstić information content (AvgIpc) is 2.40. The number of hydrogen-bond acceptors (Lipinski definition) is 1. The lowest BCUT2D eigenvalue weighted by Crippen LogP contribution is -2.02. The molecule has 0 spiro atoms. The molecule has 0 radical (unpaired) electrons. The molecule has 1 atom stereocenters. The minimum absolute atomic E-state index is 0.260. The molecule has 1 nitrogen and oxygen atoms in total. The first-order valence-corrected chi connectivity index (χ1v) is 8.55. The highest BCUT2D eigenvalue weighted by atomic mass is 79.9. The lowest BCUT2D eigenvalue weighted by atomic mass is 10.0. The second-order valence-electron chi connectivity index (χ2n) is 4.11. The van der Waals surface area contributed by atoms with Crippen LogP contribution in [0.1, 0.15) is 22.9 Å². The van der Waals surface area contributed by atoms with E-state index in [1.165, 1.54) is 6.07 Å². The van der Waals surface area contributed by atoms with Gasteiger partial charge in [-0.05, 0) is 37.3 Å². The van der Waals surface area contributed by atoms with E-state index in [0.717, 1.165) is 20.3 Å². The van der Waals surface area contributed by atoms with Crippen molar-refractivity contribution in [1.29, 1.82) is 0 Å². The molecule has 0 fully saturated rings. The molecular formula is C15H12Br3FO. The van der Waals surface area contributed by atoms with Crippen LogP contribution in [0.4, 0.5) is 4.39 Å². The molecule has 0 N–H and O–H groups in total. The van der Waals surface area contributed by atoms with Crippen LogP contribution in [-0.4, -0.2) is 6.61 Å². The second kappa shape index (κ2) is 7.05. The molecule has 0 aromatic heterocycles. The lowest BCUT2D eigenvalue weighted by molar-refractivity contribution is 0.337. The van der Waals surface area contributed by atoms with Crippen molar-refractivity contribution >= 4 is 47.8 Å². The van der Waals surface area contributed by atoms with E-state index in [9.17, 15) is 4.39 Å². The molecule has 0 amide bonds. The standard InChI is InChI=1S/C15H12Br3FO/c1-2-20-13-7-6-9(16)8-10(13)15(18)14-11(17)4-3-5-12(14)19/h3-8,15H,2H2,1H3. The summed E-state index contributed by atoms with van der Waals surface area (Å²) in [6.45, 7) is 2.49. The third-order valence-electron chi connectivity index (χ3n) is 2.80. The maximum absolute atomic E-state index is 14.1. The fourth-order valence-electron chi connectivity index (χ4n) is 1.91. The zero-order valence-electron chi connectivity index (χ0n) is 10.7. The van der Waals surface area contributed by atoms with Crippen molar-refractivity contribution in [2.75, 3.05) is 6.61 Å². The van der Waals surface area contributed by atoms with Gasteiger partial charge in [-0.2, -0.15) is 0 Å². The number of hydrogen-bond donors (Lipinski definition) is 0. The van der Waals surface area contributed by atoms with Gasteiger partial charge in [0.15, 0.2) is 0 Å². The van der Waals surface area contributed by atoms with Gasteiger partial charge in [-0.1, -0.05) is 53.9 Å². The van der Waals surface area contributed by atoms with Crippen LogP contribution in [0.3, 0.4) is 0 Å². The summed E-state index contributed by atoms with van der Waals surface area (Å²) in [6, 6.07) is 10.7. The second-order valence-corrected chi connectivity index (χ2v) is 6.80. The zero-order valence-corrected chi connectivity index (χ0v) is 15.4. The minimum Gasteiger partial charge on any atom is -0.494 e. The van der Waals surface area contributed by atoms with Gasteiger partial charge in [0.25, 0.3) is 0 Å². The molecule has 0 aliphatic rings. The topological polar surface area (TPSA) is 9.23 Å². The highest BCUT2D eigenvalue weighted by Crippen LogP contribution is 2.41. The Bertz CT molecular complexity index is 596. The van der Waals surface area contributed by atoms with Crippen molar-refractivity contribution in [3.05, 3.63) is 62.3 Å². The van der Waals surface area contributed by atoms with E-state index in [0.29, 0.717) is 12.2 Å². The number of rotatable bonds is 4. The van der Waals surface area contributed by atoms with Gasteiger partial charge in [0.1, 0.15) is 11.6 Å². The fraction of sp³-hybridized carbons (Fsp3) is 0.200. The van der Waals surface area contributed by atoms with Crippen LogP contribution in [0.2, 0.25) is 0 Å². The van der Waals surface area contributed by atoms with Crippen molar-refractivity contribution < 1.29 is 9.13 Å².